The number of hydrogen-bond donors (Lipinski definition) is 0. The molecule has 0 aliphatic heterocycles. The average molecular weight is 154 g/mol. The topological polar surface area (TPSA) is 26.3 Å². The molecule has 62 valence electrons. The van der Waals surface area contributed by atoms with Crippen molar-refractivity contribution in [3.63, 3.8) is 0 Å². The van der Waals surface area contributed by atoms with Gasteiger partial charge in [0.1, 0.15) is 6.29 Å². The van der Waals surface area contributed by atoms with Gasteiger partial charge in [-0.1, -0.05) is 0 Å². The van der Waals surface area contributed by atoms with E-state index >= 15 is 0 Å². The molecule has 2 nitrogen and oxygen atoms in total. The fourth-order valence-corrected chi connectivity index (χ4v) is 1.27. The standard InChI is InChI=1S/C9H14O2/c1-2-11-9-5-3-8(7-10)4-6-9/h5,7-8H,2-4,6H2,1H3. The van der Waals surface area contributed by atoms with Crippen molar-refractivity contribution in [1.29, 1.82) is 0 Å². The molecule has 11 heavy (non-hydrogen) atoms. The summed E-state index contributed by atoms with van der Waals surface area (Å²) in [5.41, 5.74) is 0. The lowest BCUT2D eigenvalue weighted by atomic mass is 9.95. The minimum Gasteiger partial charge on any atom is -0.499 e. The molecule has 0 aromatic carbocycles. The fraction of sp³-hybridized carbons (Fsp3) is 0.667. The van der Waals surface area contributed by atoms with E-state index < -0.39 is 0 Å². The van der Waals surface area contributed by atoms with Crippen LogP contribution >= 0.6 is 0 Å². The molecule has 0 saturated carbocycles. The van der Waals surface area contributed by atoms with Gasteiger partial charge in [-0.3, -0.25) is 0 Å². The van der Waals surface area contributed by atoms with Gasteiger partial charge in [-0.15, -0.1) is 0 Å². The Kier molecular flexibility index (Phi) is 3.14. The van der Waals surface area contributed by atoms with Crippen LogP contribution in [0.5, 0.6) is 0 Å². The molecule has 2 heteroatoms. The van der Waals surface area contributed by atoms with E-state index in [4.69, 9.17) is 4.74 Å². The molecule has 0 aromatic heterocycles. The number of carbonyl (C=O) groups is 1. The number of ether oxygens (including phenoxy) is 1. The van der Waals surface area contributed by atoms with Gasteiger partial charge in [0.25, 0.3) is 0 Å². The second-order valence-electron chi connectivity index (χ2n) is 2.77. The molecule has 1 rings (SSSR count). The van der Waals surface area contributed by atoms with Crippen molar-refractivity contribution >= 4 is 6.29 Å². The van der Waals surface area contributed by atoms with E-state index in [9.17, 15) is 4.79 Å². The quantitative estimate of drug-likeness (QED) is 0.580. The zero-order valence-corrected chi connectivity index (χ0v) is 6.88. The van der Waals surface area contributed by atoms with E-state index in [0.29, 0.717) is 0 Å². The maximum absolute atomic E-state index is 10.4. The van der Waals surface area contributed by atoms with E-state index in [2.05, 4.69) is 0 Å². The molecular formula is C9H14O2. The van der Waals surface area contributed by atoms with Gasteiger partial charge in [0.15, 0.2) is 0 Å². The molecule has 1 unspecified atom stereocenters. The number of allylic oxidation sites excluding steroid dienone is 2. The monoisotopic (exact) mass is 154 g/mol. The third-order valence-electron chi connectivity index (χ3n) is 1.93. The summed E-state index contributed by atoms with van der Waals surface area (Å²) in [7, 11) is 0. The lowest BCUT2D eigenvalue weighted by molar-refractivity contribution is -0.111. The highest BCUT2D eigenvalue weighted by Gasteiger charge is 2.13. The molecule has 0 fully saturated rings. The Morgan fingerprint density at radius 1 is 1.82 bits per heavy atom. The van der Waals surface area contributed by atoms with Crippen molar-refractivity contribution in [1.82, 2.24) is 0 Å². The van der Waals surface area contributed by atoms with Crippen LogP contribution in [0.15, 0.2) is 11.8 Å². The van der Waals surface area contributed by atoms with Crippen molar-refractivity contribution in [2.24, 2.45) is 5.92 Å². The predicted molar refractivity (Wildman–Crippen MR) is 43.1 cm³/mol. The largest absolute Gasteiger partial charge is 0.499 e. The summed E-state index contributed by atoms with van der Waals surface area (Å²) in [5.74, 6) is 1.30. The lowest BCUT2D eigenvalue weighted by Gasteiger charge is -2.16. The normalized spacial score (nSPS) is 24.1. The summed E-state index contributed by atoms with van der Waals surface area (Å²) >= 11 is 0. The second-order valence-corrected chi connectivity index (χ2v) is 2.77. The minimum absolute atomic E-state index is 0.235. The molecule has 0 radical (unpaired) electrons. The van der Waals surface area contributed by atoms with Crippen molar-refractivity contribution in [3.8, 4) is 0 Å². The molecular weight excluding hydrogens is 140 g/mol. The number of rotatable bonds is 3. The maximum Gasteiger partial charge on any atom is 0.123 e. The minimum atomic E-state index is 0.235. The maximum atomic E-state index is 10.4. The van der Waals surface area contributed by atoms with Crippen molar-refractivity contribution in [2.75, 3.05) is 6.61 Å². The van der Waals surface area contributed by atoms with E-state index in [1.54, 1.807) is 0 Å². The fourth-order valence-electron chi connectivity index (χ4n) is 1.27. The summed E-state index contributed by atoms with van der Waals surface area (Å²) in [4.78, 5) is 10.4. The zero-order valence-electron chi connectivity index (χ0n) is 6.88. The molecule has 0 saturated heterocycles. The van der Waals surface area contributed by atoms with Crippen molar-refractivity contribution in [3.05, 3.63) is 11.8 Å². The van der Waals surface area contributed by atoms with Crippen LogP contribution in [0.4, 0.5) is 0 Å². The molecule has 1 atom stereocenters. The Morgan fingerprint density at radius 2 is 2.64 bits per heavy atom. The Labute approximate surface area is 67.2 Å². The van der Waals surface area contributed by atoms with E-state index in [-0.39, 0.29) is 5.92 Å². The van der Waals surface area contributed by atoms with Gasteiger partial charge < -0.3 is 9.53 Å². The summed E-state index contributed by atoms with van der Waals surface area (Å²) in [6, 6.07) is 0. The van der Waals surface area contributed by atoms with Gasteiger partial charge >= 0.3 is 0 Å². The second kappa shape index (κ2) is 4.16. The summed E-state index contributed by atoms with van der Waals surface area (Å²) < 4.78 is 5.32. The molecule has 0 amide bonds. The first-order valence-corrected chi connectivity index (χ1v) is 4.14. The third-order valence-corrected chi connectivity index (χ3v) is 1.93. The molecule has 0 N–H and O–H groups in total. The Bertz CT molecular complexity index is 161. The molecule has 0 spiro atoms. The molecule has 1 aliphatic rings. The van der Waals surface area contributed by atoms with Gasteiger partial charge in [-0.05, 0) is 25.8 Å². The van der Waals surface area contributed by atoms with Crippen LogP contribution in [0.3, 0.4) is 0 Å². The molecule has 0 heterocycles. The molecule has 0 bridgehead atoms. The first kappa shape index (κ1) is 8.31. The van der Waals surface area contributed by atoms with E-state index in [0.717, 1.165) is 37.9 Å². The Hall–Kier alpha value is -0.790. The van der Waals surface area contributed by atoms with Crippen LogP contribution in [0.25, 0.3) is 0 Å². The predicted octanol–water partition coefficient (Wildman–Crippen LogP) is 1.91. The van der Waals surface area contributed by atoms with Gasteiger partial charge in [-0.2, -0.15) is 0 Å². The highest BCUT2D eigenvalue weighted by Crippen LogP contribution is 2.22. The highest BCUT2D eigenvalue weighted by atomic mass is 16.5. The van der Waals surface area contributed by atoms with Crippen molar-refractivity contribution in [2.45, 2.75) is 26.2 Å². The van der Waals surface area contributed by atoms with Crippen LogP contribution in [0.2, 0.25) is 0 Å². The third kappa shape index (κ3) is 2.37. The first-order valence-electron chi connectivity index (χ1n) is 4.14. The Balaban J connectivity index is 2.37. The zero-order chi connectivity index (χ0) is 8.10. The van der Waals surface area contributed by atoms with Crippen molar-refractivity contribution < 1.29 is 9.53 Å². The highest BCUT2D eigenvalue weighted by molar-refractivity contribution is 5.54. The Morgan fingerprint density at radius 3 is 3.09 bits per heavy atom. The summed E-state index contributed by atoms with van der Waals surface area (Å²) in [6.45, 7) is 2.71. The van der Waals surface area contributed by atoms with Crippen LogP contribution in [0.1, 0.15) is 26.2 Å². The smallest absolute Gasteiger partial charge is 0.123 e. The molecule has 0 aromatic rings. The SMILES string of the molecule is CCOC1=CCC(C=O)CC1. The average Bonchev–Trinajstić information content (AvgIpc) is 2.07. The summed E-state index contributed by atoms with van der Waals surface area (Å²) in [6.07, 6.45) is 5.82. The van der Waals surface area contributed by atoms with E-state index in [1.807, 2.05) is 13.0 Å². The lowest BCUT2D eigenvalue weighted by Crippen LogP contribution is -2.08. The number of aldehydes is 1. The molecule has 1 aliphatic carbocycles. The summed E-state index contributed by atoms with van der Waals surface area (Å²) in [5, 5.41) is 0. The number of carbonyl (C=O) groups excluding carboxylic acids is 1. The van der Waals surface area contributed by atoms with Crippen LogP contribution in [0, 0.1) is 5.92 Å². The van der Waals surface area contributed by atoms with Crippen LogP contribution in [-0.4, -0.2) is 12.9 Å². The van der Waals surface area contributed by atoms with Crippen LogP contribution in [-0.2, 0) is 9.53 Å². The van der Waals surface area contributed by atoms with Gasteiger partial charge in [-0.25, -0.2) is 0 Å². The van der Waals surface area contributed by atoms with Gasteiger partial charge in [0, 0.05) is 12.3 Å². The van der Waals surface area contributed by atoms with Gasteiger partial charge in [0.05, 0.1) is 12.4 Å². The van der Waals surface area contributed by atoms with Gasteiger partial charge in [0.2, 0.25) is 0 Å². The van der Waals surface area contributed by atoms with E-state index in [1.165, 1.54) is 0 Å². The van der Waals surface area contributed by atoms with Crippen LogP contribution < -0.4 is 0 Å². The number of hydrogen-bond acceptors (Lipinski definition) is 2. The first-order chi connectivity index (χ1) is 5.36.